The summed E-state index contributed by atoms with van der Waals surface area (Å²) in [7, 11) is 0. The Morgan fingerprint density at radius 3 is 3.06 bits per heavy atom. The zero-order chi connectivity index (χ0) is 11.8. The number of imidazole rings is 1. The number of benzene rings is 1. The minimum Gasteiger partial charge on any atom is -0.324 e. The number of nitrogens with one attached hydrogen (secondary N) is 1. The Labute approximate surface area is 102 Å². The second-order valence-corrected chi connectivity index (χ2v) is 4.89. The van der Waals surface area contributed by atoms with E-state index in [1.165, 1.54) is 23.3 Å². The molecule has 2 heterocycles. The molecule has 2 aromatic rings. The van der Waals surface area contributed by atoms with Crippen molar-refractivity contribution in [1.29, 1.82) is 0 Å². The summed E-state index contributed by atoms with van der Waals surface area (Å²) in [6.45, 7) is 6.54. The van der Waals surface area contributed by atoms with Gasteiger partial charge in [0.2, 0.25) is 0 Å². The Balaban J connectivity index is 2.20. The largest absolute Gasteiger partial charge is 0.324 e. The molecule has 1 aromatic carbocycles. The molecule has 0 saturated carbocycles. The molecule has 0 amide bonds. The van der Waals surface area contributed by atoms with Crippen molar-refractivity contribution in [2.45, 2.75) is 32.7 Å². The highest BCUT2D eigenvalue weighted by Crippen LogP contribution is 2.26. The van der Waals surface area contributed by atoms with Gasteiger partial charge in [-0.05, 0) is 37.6 Å². The zero-order valence-corrected chi connectivity index (χ0v) is 10.5. The van der Waals surface area contributed by atoms with Crippen molar-refractivity contribution < 1.29 is 0 Å². The Kier molecular flexibility index (Phi) is 2.63. The van der Waals surface area contributed by atoms with Crippen molar-refractivity contribution in [3.63, 3.8) is 0 Å². The number of rotatable bonds is 2. The molecular weight excluding hydrogens is 210 g/mol. The van der Waals surface area contributed by atoms with E-state index in [4.69, 9.17) is 4.98 Å². The third-order valence-electron chi connectivity index (χ3n) is 3.63. The van der Waals surface area contributed by atoms with Gasteiger partial charge in [-0.15, -0.1) is 0 Å². The molecule has 0 radical (unpaired) electrons. The highest BCUT2D eigenvalue weighted by Gasteiger charge is 2.21. The van der Waals surface area contributed by atoms with Crippen LogP contribution in [0, 0.1) is 6.92 Å². The predicted octanol–water partition coefficient (Wildman–Crippen LogP) is 2.44. The molecule has 1 aliphatic heterocycles. The van der Waals surface area contributed by atoms with E-state index in [9.17, 15) is 0 Å². The smallest absolute Gasteiger partial charge is 0.109 e. The molecule has 1 saturated heterocycles. The lowest BCUT2D eigenvalue weighted by molar-refractivity contribution is 0.539. The van der Waals surface area contributed by atoms with Gasteiger partial charge in [0.25, 0.3) is 0 Å². The summed E-state index contributed by atoms with van der Waals surface area (Å²) >= 11 is 0. The molecule has 3 nitrogen and oxygen atoms in total. The van der Waals surface area contributed by atoms with Gasteiger partial charge < -0.3 is 9.88 Å². The van der Waals surface area contributed by atoms with Gasteiger partial charge >= 0.3 is 0 Å². The lowest BCUT2D eigenvalue weighted by Gasteiger charge is -2.15. The van der Waals surface area contributed by atoms with E-state index >= 15 is 0 Å². The zero-order valence-electron chi connectivity index (χ0n) is 10.5. The van der Waals surface area contributed by atoms with Gasteiger partial charge in [-0.3, -0.25) is 0 Å². The van der Waals surface area contributed by atoms with Gasteiger partial charge in [-0.2, -0.15) is 0 Å². The number of aryl methyl sites for hydroxylation is 2. The lowest BCUT2D eigenvalue weighted by Crippen LogP contribution is -2.15. The van der Waals surface area contributed by atoms with Gasteiger partial charge in [-0.1, -0.05) is 13.0 Å². The Bertz CT molecular complexity index is 536. The van der Waals surface area contributed by atoms with E-state index < -0.39 is 0 Å². The average molecular weight is 229 g/mol. The second-order valence-electron chi connectivity index (χ2n) is 4.89. The summed E-state index contributed by atoms with van der Waals surface area (Å²) in [5.41, 5.74) is 3.75. The van der Waals surface area contributed by atoms with Gasteiger partial charge in [0.15, 0.2) is 0 Å². The molecule has 0 bridgehead atoms. The summed E-state index contributed by atoms with van der Waals surface area (Å²) in [5.74, 6) is 1.22. The molecule has 3 rings (SSSR count). The summed E-state index contributed by atoms with van der Waals surface area (Å²) in [5, 5.41) is 3.44. The molecule has 1 aliphatic rings. The number of hydrogen-bond donors (Lipinski definition) is 1. The molecule has 17 heavy (non-hydrogen) atoms. The Hall–Kier alpha value is -1.35. The predicted molar refractivity (Wildman–Crippen MR) is 70.4 cm³/mol. The summed E-state index contributed by atoms with van der Waals surface area (Å²) in [6.07, 6.45) is 2.22. The van der Waals surface area contributed by atoms with Crippen molar-refractivity contribution in [2.24, 2.45) is 0 Å². The van der Waals surface area contributed by atoms with Gasteiger partial charge in [0, 0.05) is 19.0 Å². The molecule has 0 spiro atoms. The van der Waals surface area contributed by atoms with Crippen LogP contribution in [-0.2, 0) is 6.42 Å². The van der Waals surface area contributed by atoms with Crippen molar-refractivity contribution >= 4 is 11.0 Å². The fourth-order valence-electron chi connectivity index (χ4n) is 2.77. The normalized spacial score (nSPS) is 20.2. The molecule has 1 N–H and O–H groups in total. The summed E-state index contributed by atoms with van der Waals surface area (Å²) < 4.78 is 2.45. The van der Waals surface area contributed by atoms with Crippen LogP contribution in [0.15, 0.2) is 18.2 Å². The Morgan fingerprint density at radius 1 is 1.47 bits per heavy atom. The standard InChI is InChI=1S/C14H19N3/c1-3-14-16-12-5-4-10(2)8-13(12)17(14)11-6-7-15-9-11/h4-5,8,11,15H,3,6-7,9H2,1-2H3. The first kappa shape index (κ1) is 10.8. The van der Waals surface area contributed by atoms with E-state index in [0.29, 0.717) is 6.04 Å². The minimum absolute atomic E-state index is 0.580. The summed E-state index contributed by atoms with van der Waals surface area (Å²) in [4.78, 5) is 4.75. The highest BCUT2D eigenvalue weighted by molar-refractivity contribution is 5.77. The van der Waals surface area contributed by atoms with Crippen LogP contribution in [0.2, 0.25) is 0 Å². The van der Waals surface area contributed by atoms with Crippen LogP contribution in [0.3, 0.4) is 0 Å². The highest BCUT2D eigenvalue weighted by atomic mass is 15.1. The van der Waals surface area contributed by atoms with Crippen LogP contribution in [-0.4, -0.2) is 22.6 Å². The SMILES string of the molecule is CCc1nc2ccc(C)cc2n1C1CCNC1. The van der Waals surface area contributed by atoms with Crippen LogP contribution >= 0.6 is 0 Å². The van der Waals surface area contributed by atoms with Crippen molar-refractivity contribution in [3.05, 3.63) is 29.6 Å². The molecule has 0 aliphatic carbocycles. The lowest BCUT2D eigenvalue weighted by atomic mass is 10.2. The van der Waals surface area contributed by atoms with Gasteiger partial charge in [0.1, 0.15) is 5.82 Å². The number of aromatic nitrogens is 2. The van der Waals surface area contributed by atoms with E-state index in [2.05, 4.69) is 41.9 Å². The second kappa shape index (κ2) is 4.15. The fourth-order valence-corrected chi connectivity index (χ4v) is 2.77. The summed E-state index contributed by atoms with van der Waals surface area (Å²) in [6, 6.07) is 7.13. The van der Waals surface area contributed by atoms with Crippen LogP contribution in [0.1, 0.15) is 30.8 Å². The van der Waals surface area contributed by atoms with Crippen LogP contribution in [0.4, 0.5) is 0 Å². The fraction of sp³-hybridized carbons (Fsp3) is 0.500. The van der Waals surface area contributed by atoms with Gasteiger partial charge in [-0.25, -0.2) is 4.98 Å². The van der Waals surface area contributed by atoms with Crippen LogP contribution in [0.25, 0.3) is 11.0 Å². The third kappa shape index (κ3) is 1.75. The molecule has 1 aromatic heterocycles. The maximum Gasteiger partial charge on any atom is 0.109 e. The molecule has 1 unspecified atom stereocenters. The average Bonchev–Trinajstić information content (AvgIpc) is 2.93. The van der Waals surface area contributed by atoms with Crippen LogP contribution in [0.5, 0.6) is 0 Å². The maximum atomic E-state index is 4.75. The molecule has 3 heteroatoms. The number of nitrogens with zero attached hydrogens (tertiary/aromatic N) is 2. The van der Waals surface area contributed by atoms with E-state index in [0.717, 1.165) is 25.0 Å². The van der Waals surface area contributed by atoms with Gasteiger partial charge in [0.05, 0.1) is 11.0 Å². The van der Waals surface area contributed by atoms with E-state index in [1.54, 1.807) is 0 Å². The first-order valence-corrected chi connectivity index (χ1v) is 6.47. The molecule has 1 fully saturated rings. The van der Waals surface area contributed by atoms with Crippen molar-refractivity contribution in [2.75, 3.05) is 13.1 Å². The monoisotopic (exact) mass is 229 g/mol. The van der Waals surface area contributed by atoms with Crippen molar-refractivity contribution in [3.8, 4) is 0 Å². The first-order valence-electron chi connectivity index (χ1n) is 6.47. The minimum atomic E-state index is 0.580. The molecular formula is C14H19N3. The molecule has 90 valence electrons. The number of hydrogen-bond acceptors (Lipinski definition) is 2. The van der Waals surface area contributed by atoms with Crippen LogP contribution < -0.4 is 5.32 Å². The van der Waals surface area contributed by atoms with E-state index in [1.807, 2.05) is 0 Å². The third-order valence-corrected chi connectivity index (χ3v) is 3.63. The Morgan fingerprint density at radius 2 is 2.35 bits per heavy atom. The van der Waals surface area contributed by atoms with Crippen molar-refractivity contribution in [1.82, 2.24) is 14.9 Å². The first-order chi connectivity index (χ1) is 8.29. The molecule has 1 atom stereocenters. The number of fused-ring (bicyclic) bond motifs is 1. The van der Waals surface area contributed by atoms with E-state index in [-0.39, 0.29) is 0 Å². The topological polar surface area (TPSA) is 29.9 Å². The quantitative estimate of drug-likeness (QED) is 0.857. The maximum absolute atomic E-state index is 4.75.